The van der Waals surface area contributed by atoms with Gasteiger partial charge in [0.1, 0.15) is 17.3 Å². The summed E-state index contributed by atoms with van der Waals surface area (Å²) in [7, 11) is 0. The summed E-state index contributed by atoms with van der Waals surface area (Å²) in [6.45, 7) is 7.72. The van der Waals surface area contributed by atoms with E-state index >= 15 is 0 Å². The predicted molar refractivity (Wildman–Crippen MR) is 134 cm³/mol. The third kappa shape index (κ3) is 5.84. The Labute approximate surface area is 193 Å². The van der Waals surface area contributed by atoms with E-state index in [-0.39, 0.29) is 24.3 Å². The minimum atomic E-state index is -0.336. The van der Waals surface area contributed by atoms with Crippen LogP contribution < -0.4 is 11.1 Å². The fourth-order valence-electron chi connectivity index (χ4n) is 3.33. The van der Waals surface area contributed by atoms with E-state index in [1.807, 2.05) is 48.7 Å². The minimum absolute atomic E-state index is 0.0649. The number of hydrogen-bond donors (Lipinski definition) is 3. The maximum absolute atomic E-state index is 13.7. The molecular weight excluding hydrogens is 417 g/mol. The monoisotopic (exact) mass is 445 g/mol. The highest BCUT2D eigenvalue weighted by molar-refractivity contribution is 5.96. The fourth-order valence-corrected chi connectivity index (χ4v) is 3.33. The van der Waals surface area contributed by atoms with Gasteiger partial charge in [-0.05, 0) is 48.6 Å². The van der Waals surface area contributed by atoms with E-state index in [9.17, 15) is 9.50 Å². The lowest BCUT2D eigenvalue weighted by molar-refractivity contribution is 0.343. The Hall–Kier alpha value is -3.97. The summed E-state index contributed by atoms with van der Waals surface area (Å²) in [5.74, 6) is 0.673. The molecule has 170 valence electrons. The number of para-hydroxylation sites is 1. The Morgan fingerprint density at radius 1 is 1.21 bits per heavy atom. The SMILES string of the molecule is C=C/C=C(\N=C(/N)Nc1ccccc1)c1nc(C(C)C)n(/C=C/CO)c1-c1ccc(F)cc1. The maximum Gasteiger partial charge on any atom is 0.198 e. The molecule has 1 aromatic heterocycles. The molecule has 0 unspecified atom stereocenters. The largest absolute Gasteiger partial charge is 0.392 e. The lowest BCUT2D eigenvalue weighted by atomic mass is 10.1. The molecule has 7 heteroatoms. The fraction of sp³-hybridized carbons (Fsp3) is 0.154. The van der Waals surface area contributed by atoms with E-state index in [0.29, 0.717) is 17.1 Å². The molecule has 6 nitrogen and oxygen atoms in total. The van der Waals surface area contributed by atoms with Crippen molar-refractivity contribution in [3.8, 4) is 11.3 Å². The molecule has 0 saturated heterocycles. The molecule has 0 fully saturated rings. The number of benzene rings is 2. The van der Waals surface area contributed by atoms with Crippen LogP contribution in [0, 0.1) is 5.82 Å². The Morgan fingerprint density at radius 3 is 2.52 bits per heavy atom. The van der Waals surface area contributed by atoms with Crippen LogP contribution in [0.5, 0.6) is 0 Å². The van der Waals surface area contributed by atoms with Gasteiger partial charge in [-0.15, -0.1) is 0 Å². The van der Waals surface area contributed by atoms with Gasteiger partial charge in [0, 0.05) is 23.4 Å². The number of halogens is 1. The van der Waals surface area contributed by atoms with Crippen molar-refractivity contribution in [2.45, 2.75) is 19.8 Å². The molecule has 2 aromatic carbocycles. The lowest BCUT2D eigenvalue weighted by Crippen LogP contribution is -2.22. The first-order chi connectivity index (χ1) is 15.9. The van der Waals surface area contributed by atoms with Crippen LogP contribution in [-0.2, 0) is 0 Å². The molecule has 0 aliphatic carbocycles. The summed E-state index contributed by atoms with van der Waals surface area (Å²) in [5.41, 5.74) is 9.50. The number of imidazole rings is 1. The van der Waals surface area contributed by atoms with Crippen LogP contribution in [-0.4, -0.2) is 27.2 Å². The van der Waals surface area contributed by atoms with E-state index in [4.69, 9.17) is 10.7 Å². The zero-order valence-corrected chi connectivity index (χ0v) is 18.7. The summed E-state index contributed by atoms with van der Waals surface area (Å²) < 4.78 is 15.5. The van der Waals surface area contributed by atoms with E-state index in [0.717, 1.165) is 17.1 Å². The summed E-state index contributed by atoms with van der Waals surface area (Å²) in [5, 5.41) is 12.4. The molecular formula is C26H28FN5O. The summed E-state index contributed by atoms with van der Waals surface area (Å²) in [4.78, 5) is 9.45. The molecule has 3 rings (SSSR count). The highest BCUT2D eigenvalue weighted by Crippen LogP contribution is 2.33. The van der Waals surface area contributed by atoms with Gasteiger partial charge in [0.2, 0.25) is 0 Å². The molecule has 0 aliphatic rings. The number of aromatic nitrogens is 2. The second kappa shape index (κ2) is 11.1. The van der Waals surface area contributed by atoms with Crippen molar-refractivity contribution in [1.29, 1.82) is 0 Å². The number of nitrogens with one attached hydrogen (secondary N) is 1. The quantitative estimate of drug-likeness (QED) is 0.252. The van der Waals surface area contributed by atoms with Gasteiger partial charge in [-0.3, -0.25) is 0 Å². The van der Waals surface area contributed by atoms with Gasteiger partial charge in [0.15, 0.2) is 5.96 Å². The van der Waals surface area contributed by atoms with E-state index in [2.05, 4.69) is 16.9 Å². The van der Waals surface area contributed by atoms with E-state index in [1.165, 1.54) is 12.1 Å². The van der Waals surface area contributed by atoms with Crippen molar-refractivity contribution in [2.75, 3.05) is 11.9 Å². The van der Waals surface area contributed by atoms with Crippen molar-refractivity contribution < 1.29 is 9.50 Å². The van der Waals surface area contributed by atoms with Crippen LogP contribution >= 0.6 is 0 Å². The van der Waals surface area contributed by atoms with Crippen molar-refractivity contribution >= 4 is 23.5 Å². The van der Waals surface area contributed by atoms with Gasteiger partial charge in [-0.1, -0.05) is 44.7 Å². The van der Waals surface area contributed by atoms with Gasteiger partial charge in [0.25, 0.3) is 0 Å². The van der Waals surface area contributed by atoms with Crippen LogP contribution in [0.25, 0.3) is 23.2 Å². The number of allylic oxidation sites excluding steroid dienone is 2. The number of hydrogen-bond acceptors (Lipinski definition) is 3. The molecule has 33 heavy (non-hydrogen) atoms. The number of anilines is 1. The number of nitrogens with zero attached hydrogens (tertiary/aromatic N) is 3. The average Bonchev–Trinajstić information content (AvgIpc) is 3.18. The number of guanidine groups is 1. The standard InChI is InChI=1S/C26H28FN5O/c1-4-9-22(30-26(28)29-21-10-6-5-7-11-21)23-24(19-12-14-20(27)15-13-19)32(16-8-17-33)25(31-23)18(2)3/h4-16,18,33H,1,17H2,2-3H3,(H3,28,29,30)/b16-8+,22-9-. The molecule has 1 heterocycles. The lowest BCUT2D eigenvalue weighted by Gasteiger charge is -2.11. The molecule has 0 radical (unpaired) electrons. The van der Waals surface area contributed by atoms with Crippen molar-refractivity contribution in [3.63, 3.8) is 0 Å². The first-order valence-electron chi connectivity index (χ1n) is 10.6. The molecule has 0 spiro atoms. The van der Waals surface area contributed by atoms with Crippen molar-refractivity contribution in [1.82, 2.24) is 9.55 Å². The minimum Gasteiger partial charge on any atom is -0.392 e. The molecule has 0 aliphatic heterocycles. The smallest absolute Gasteiger partial charge is 0.198 e. The van der Waals surface area contributed by atoms with Crippen LogP contribution in [0.3, 0.4) is 0 Å². The van der Waals surface area contributed by atoms with Gasteiger partial charge in [-0.2, -0.15) is 0 Å². The first-order valence-corrected chi connectivity index (χ1v) is 10.6. The summed E-state index contributed by atoms with van der Waals surface area (Å²) in [6, 6.07) is 15.6. The first kappa shape index (κ1) is 23.7. The number of aliphatic imine (C=N–C) groups is 1. The third-order valence-electron chi connectivity index (χ3n) is 4.74. The van der Waals surface area contributed by atoms with Crippen molar-refractivity contribution in [3.05, 3.63) is 96.7 Å². The molecule has 3 aromatic rings. The van der Waals surface area contributed by atoms with Gasteiger partial charge in [-0.25, -0.2) is 14.4 Å². The normalized spacial score (nSPS) is 12.5. The number of nitrogens with two attached hydrogens (primary N) is 1. The Kier molecular flexibility index (Phi) is 7.94. The number of rotatable bonds is 8. The maximum atomic E-state index is 13.7. The van der Waals surface area contributed by atoms with Crippen LogP contribution in [0.2, 0.25) is 0 Å². The number of aliphatic hydroxyl groups excluding tert-OH is 1. The molecule has 0 saturated carbocycles. The highest BCUT2D eigenvalue weighted by atomic mass is 19.1. The topological polar surface area (TPSA) is 88.5 Å². The van der Waals surface area contributed by atoms with Crippen molar-refractivity contribution in [2.24, 2.45) is 10.7 Å². The predicted octanol–water partition coefficient (Wildman–Crippen LogP) is 5.23. The van der Waals surface area contributed by atoms with Crippen LogP contribution in [0.15, 0.2) is 84.4 Å². The molecule has 0 atom stereocenters. The van der Waals surface area contributed by atoms with Crippen LogP contribution in [0.1, 0.15) is 31.3 Å². The van der Waals surface area contributed by atoms with Crippen LogP contribution in [0.4, 0.5) is 10.1 Å². The van der Waals surface area contributed by atoms with Gasteiger partial charge < -0.3 is 20.7 Å². The van der Waals surface area contributed by atoms with Gasteiger partial charge in [0.05, 0.1) is 18.0 Å². The zero-order chi connectivity index (χ0) is 23.8. The Morgan fingerprint density at radius 2 is 1.91 bits per heavy atom. The second-order valence-corrected chi connectivity index (χ2v) is 7.54. The number of aliphatic hydroxyl groups is 1. The summed E-state index contributed by atoms with van der Waals surface area (Å²) in [6.07, 6.45) is 6.71. The molecule has 4 N–H and O–H groups in total. The molecule has 0 amide bonds. The highest BCUT2D eigenvalue weighted by Gasteiger charge is 2.22. The van der Waals surface area contributed by atoms with E-state index < -0.39 is 0 Å². The Balaban J connectivity index is 2.20. The Bertz CT molecular complexity index is 1180. The average molecular weight is 446 g/mol. The zero-order valence-electron chi connectivity index (χ0n) is 18.7. The third-order valence-corrected chi connectivity index (χ3v) is 4.74. The van der Waals surface area contributed by atoms with E-state index in [1.54, 1.807) is 36.6 Å². The summed E-state index contributed by atoms with van der Waals surface area (Å²) >= 11 is 0. The molecule has 0 bridgehead atoms. The van der Waals surface area contributed by atoms with Gasteiger partial charge >= 0.3 is 0 Å². The second-order valence-electron chi connectivity index (χ2n) is 7.54.